The Kier molecular flexibility index (Phi) is 5.69. The Morgan fingerprint density at radius 2 is 1.95 bits per heavy atom. The summed E-state index contributed by atoms with van der Waals surface area (Å²) in [6, 6.07) is 7.08. The molecule has 0 heterocycles. The molecule has 0 aliphatic heterocycles. The first-order valence-electron chi connectivity index (χ1n) is 5.72. The number of hydrogen-bond donors (Lipinski definition) is 3. The van der Waals surface area contributed by atoms with E-state index in [0.717, 1.165) is 5.56 Å². The molecule has 1 aromatic carbocycles. The van der Waals surface area contributed by atoms with Crippen LogP contribution in [0.5, 0.6) is 0 Å². The van der Waals surface area contributed by atoms with E-state index in [2.05, 4.69) is 5.32 Å². The Hall–Kier alpha value is -2.21. The Morgan fingerprint density at radius 1 is 1.32 bits per heavy atom. The van der Waals surface area contributed by atoms with E-state index in [1.54, 1.807) is 6.29 Å². The molecule has 0 saturated heterocycles. The Morgan fingerprint density at radius 3 is 2.47 bits per heavy atom. The van der Waals surface area contributed by atoms with Crippen LogP contribution < -0.4 is 11.1 Å². The molecule has 1 rings (SSSR count). The number of carboxylic acid groups (broad SMARTS) is 1. The van der Waals surface area contributed by atoms with E-state index in [1.807, 2.05) is 30.3 Å². The van der Waals surface area contributed by atoms with E-state index >= 15 is 0 Å². The van der Waals surface area contributed by atoms with Gasteiger partial charge in [0.1, 0.15) is 0 Å². The van der Waals surface area contributed by atoms with Gasteiger partial charge in [-0.25, -0.2) is 0 Å². The van der Waals surface area contributed by atoms with Crippen LogP contribution in [-0.4, -0.2) is 35.4 Å². The maximum absolute atomic E-state index is 11.6. The molecule has 2 atom stereocenters. The van der Waals surface area contributed by atoms with Gasteiger partial charge in [0.15, 0.2) is 0 Å². The molecule has 0 bridgehead atoms. The Bertz CT molecular complexity index is 447. The van der Waals surface area contributed by atoms with Crippen molar-refractivity contribution in [1.82, 2.24) is 5.32 Å². The van der Waals surface area contributed by atoms with Gasteiger partial charge in [0.25, 0.3) is 0 Å². The first kappa shape index (κ1) is 14.8. The van der Waals surface area contributed by atoms with Gasteiger partial charge in [0.2, 0.25) is 12.2 Å². The van der Waals surface area contributed by atoms with Crippen LogP contribution in [0.25, 0.3) is 0 Å². The minimum atomic E-state index is -1.18. The van der Waals surface area contributed by atoms with Crippen molar-refractivity contribution in [3.05, 3.63) is 35.9 Å². The number of carbonyl (C=O) groups is 2. The van der Waals surface area contributed by atoms with Gasteiger partial charge in [-0.15, -0.1) is 0 Å². The van der Waals surface area contributed by atoms with Crippen molar-refractivity contribution >= 4 is 18.2 Å². The summed E-state index contributed by atoms with van der Waals surface area (Å²) < 4.78 is 0. The molecule has 0 unspecified atom stereocenters. The van der Waals surface area contributed by atoms with Crippen LogP contribution in [0.3, 0.4) is 0 Å². The highest BCUT2D eigenvalue weighted by atomic mass is 16.4. The number of aliphatic carboxylic acids is 1. The van der Waals surface area contributed by atoms with Crippen LogP contribution >= 0.6 is 0 Å². The van der Waals surface area contributed by atoms with Crippen molar-refractivity contribution in [2.45, 2.75) is 24.9 Å². The summed E-state index contributed by atoms with van der Waals surface area (Å²) in [7, 11) is 0. The summed E-state index contributed by atoms with van der Waals surface area (Å²) in [5, 5.41) is 10.9. The van der Waals surface area contributed by atoms with E-state index < -0.39 is 30.4 Å². The van der Waals surface area contributed by atoms with E-state index in [0.29, 0.717) is 0 Å². The molecule has 0 fully saturated rings. The van der Waals surface area contributed by atoms with Crippen molar-refractivity contribution in [3.63, 3.8) is 0 Å². The third-order valence-corrected chi connectivity index (χ3v) is 2.47. The second-order valence-corrected chi connectivity index (χ2v) is 4.07. The van der Waals surface area contributed by atoms with Crippen LogP contribution in [0.4, 0.5) is 0 Å². The molecule has 0 spiro atoms. The first-order chi connectivity index (χ1) is 9.02. The average Bonchev–Trinajstić information content (AvgIpc) is 2.38. The summed E-state index contributed by atoms with van der Waals surface area (Å²) in [5.74, 6) is -1.84. The summed E-state index contributed by atoms with van der Waals surface area (Å²) >= 11 is 0. The molecule has 1 amide bonds. The van der Waals surface area contributed by atoms with E-state index in [9.17, 15) is 14.4 Å². The van der Waals surface area contributed by atoms with Gasteiger partial charge in [-0.05, 0) is 5.56 Å². The second kappa shape index (κ2) is 7.27. The largest absolute Gasteiger partial charge is 0.481 e. The number of hydrogen-bond acceptors (Lipinski definition) is 4. The molecule has 0 aromatic heterocycles. The summed E-state index contributed by atoms with van der Waals surface area (Å²) in [6.45, 7) is 0. The SMILES string of the molecule is N[C@H](CC(=O)O)C(=O)N[C@@H]([C]=O)Cc1ccccc1. The van der Waals surface area contributed by atoms with Gasteiger partial charge in [-0.2, -0.15) is 0 Å². The number of amides is 1. The summed E-state index contributed by atoms with van der Waals surface area (Å²) in [4.78, 5) is 32.8. The number of benzene rings is 1. The van der Waals surface area contributed by atoms with Gasteiger partial charge in [0.05, 0.1) is 18.5 Å². The molecular formula is C13H15N2O4. The first-order valence-corrected chi connectivity index (χ1v) is 5.72. The molecule has 0 aliphatic carbocycles. The molecule has 0 aliphatic rings. The fraction of sp³-hybridized carbons (Fsp3) is 0.308. The van der Waals surface area contributed by atoms with Crippen molar-refractivity contribution in [3.8, 4) is 0 Å². The number of carbonyl (C=O) groups excluding carboxylic acids is 2. The molecule has 101 valence electrons. The molecular weight excluding hydrogens is 248 g/mol. The third kappa shape index (κ3) is 5.31. The van der Waals surface area contributed by atoms with Crippen molar-refractivity contribution in [2.75, 3.05) is 0 Å². The van der Waals surface area contributed by atoms with E-state index in [1.165, 1.54) is 0 Å². The lowest BCUT2D eigenvalue weighted by atomic mass is 10.1. The van der Waals surface area contributed by atoms with Gasteiger partial charge in [0, 0.05) is 6.42 Å². The summed E-state index contributed by atoms with van der Waals surface area (Å²) in [5.41, 5.74) is 6.26. The predicted molar refractivity (Wildman–Crippen MR) is 68.0 cm³/mol. The highest BCUT2D eigenvalue weighted by Gasteiger charge is 2.20. The molecule has 0 saturated carbocycles. The molecule has 6 nitrogen and oxygen atoms in total. The molecule has 1 radical (unpaired) electrons. The van der Waals surface area contributed by atoms with Gasteiger partial charge in [-0.1, -0.05) is 30.3 Å². The van der Waals surface area contributed by atoms with E-state index in [-0.39, 0.29) is 6.42 Å². The number of rotatable bonds is 7. The number of nitrogens with two attached hydrogens (primary N) is 1. The number of carboxylic acids is 1. The zero-order chi connectivity index (χ0) is 14.3. The summed E-state index contributed by atoms with van der Waals surface area (Å²) in [6.07, 6.45) is 1.51. The van der Waals surface area contributed by atoms with E-state index in [4.69, 9.17) is 10.8 Å². The molecule has 19 heavy (non-hydrogen) atoms. The predicted octanol–water partition coefficient (Wildman–Crippen LogP) is -0.374. The molecule has 1 aromatic rings. The monoisotopic (exact) mass is 263 g/mol. The normalized spacial score (nSPS) is 13.3. The van der Waals surface area contributed by atoms with Crippen molar-refractivity contribution < 1.29 is 19.5 Å². The maximum atomic E-state index is 11.6. The Labute approximate surface area is 110 Å². The molecule has 6 heteroatoms. The minimum Gasteiger partial charge on any atom is -0.481 e. The van der Waals surface area contributed by atoms with Gasteiger partial charge in [-0.3, -0.25) is 14.4 Å². The van der Waals surface area contributed by atoms with Crippen molar-refractivity contribution in [1.29, 1.82) is 0 Å². The van der Waals surface area contributed by atoms with Crippen LogP contribution in [0.2, 0.25) is 0 Å². The third-order valence-electron chi connectivity index (χ3n) is 2.47. The van der Waals surface area contributed by atoms with Crippen LogP contribution in [-0.2, 0) is 20.8 Å². The Balaban J connectivity index is 2.55. The van der Waals surface area contributed by atoms with Gasteiger partial charge < -0.3 is 16.2 Å². The fourth-order valence-corrected chi connectivity index (χ4v) is 1.53. The van der Waals surface area contributed by atoms with Crippen LogP contribution in [0.1, 0.15) is 12.0 Å². The highest BCUT2D eigenvalue weighted by Crippen LogP contribution is 2.02. The topological polar surface area (TPSA) is 109 Å². The fourth-order valence-electron chi connectivity index (χ4n) is 1.53. The van der Waals surface area contributed by atoms with Crippen LogP contribution in [0, 0.1) is 0 Å². The smallest absolute Gasteiger partial charge is 0.305 e. The van der Waals surface area contributed by atoms with Crippen LogP contribution in [0.15, 0.2) is 30.3 Å². The highest BCUT2D eigenvalue weighted by molar-refractivity contribution is 5.87. The zero-order valence-electron chi connectivity index (χ0n) is 10.2. The minimum absolute atomic E-state index is 0.288. The quantitative estimate of drug-likeness (QED) is 0.621. The second-order valence-electron chi connectivity index (χ2n) is 4.07. The number of nitrogens with one attached hydrogen (secondary N) is 1. The maximum Gasteiger partial charge on any atom is 0.305 e. The lowest BCUT2D eigenvalue weighted by Crippen LogP contribution is -2.47. The lowest BCUT2D eigenvalue weighted by molar-refractivity contribution is -0.139. The zero-order valence-corrected chi connectivity index (χ0v) is 10.2. The standard InChI is InChI=1S/C13H15N2O4/c14-11(7-12(17)18)13(19)15-10(8-16)6-9-4-2-1-3-5-9/h1-5,10-11H,6-7,14H2,(H,15,19)(H,17,18)/t10-,11-/m1/s1. The molecule has 4 N–H and O–H groups in total. The average molecular weight is 263 g/mol. The van der Waals surface area contributed by atoms with Gasteiger partial charge >= 0.3 is 5.97 Å². The lowest BCUT2D eigenvalue weighted by Gasteiger charge is -2.15. The van der Waals surface area contributed by atoms with Crippen molar-refractivity contribution in [2.24, 2.45) is 5.73 Å².